The lowest BCUT2D eigenvalue weighted by Crippen LogP contribution is -2.64. The van der Waals surface area contributed by atoms with Gasteiger partial charge in [-0.2, -0.15) is 5.10 Å². The SMILES string of the molecule is CCOc1ccc(CN2C(=O)c3cc(C(=O)OC)nn3C[C@@]2(C)C(=O)NC2CCCCC2)cc1. The molecule has 2 aliphatic rings. The molecule has 4 rings (SSSR count). The number of carbonyl (C=O) groups is 3. The standard InChI is InChI=1S/C25H32N4O5/c1-4-34-19-12-10-17(11-13-19)15-28-22(30)21-14-20(23(31)33-3)27-29(21)16-25(28,2)24(32)26-18-8-6-5-7-9-18/h10-14,18H,4-9,15-16H2,1-3H3,(H,26,32)/t25-/m0/s1. The molecule has 0 radical (unpaired) electrons. The fourth-order valence-electron chi connectivity index (χ4n) is 4.72. The second kappa shape index (κ2) is 9.87. The topological polar surface area (TPSA) is 103 Å². The smallest absolute Gasteiger partial charge is 0.358 e. The van der Waals surface area contributed by atoms with Gasteiger partial charge in [0.15, 0.2) is 5.69 Å². The molecule has 1 aliphatic heterocycles. The van der Waals surface area contributed by atoms with E-state index in [1.54, 1.807) is 11.8 Å². The van der Waals surface area contributed by atoms with Gasteiger partial charge in [0.05, 0.1) is 20.3 Å². The van der Waals surface area contributed by atoms with E-state index >= 15 is 0 Å². The van der Waals surface area contributed by atoms with E-state index in [0.717, 1.165) is 37.0 Å². The number of hydrogen-bond acceptors (Lipinski definition) is 6. The molecule has 1 atom stereocenters. The molecule has 1 N–H and O–H groups in total. The molecule has 182 valence electrons. The summed E-state index contributed by atoms with van der Waals surface area (Å²) in [6.07, 6.45) is 5.23. The lowest BCUT2D eigenvalue weighted by Gasteiger charge is -2.44. The predicted molar refractivity (Wildman–Crippen MR) is 124 cm³/mol. The number of carbonyl (C=O) groups excluding carboxylic acids is 3. The van der Waals surface area contributed by atoms with Crippen LogP contribution < -0.4 is 10.1 Å². The monoisotopic (exact) mass is 468 g/mol. The summed E-state index contributed by atoms with van der Waals surface area (Å²) in [5, 5.41) is 7.45. The van der Waals surface area contributed by atoms with Gasteiger partial charge >= 0.3 is 5.97 Å². The van der Waals surface area contributed by atoms with Crippen molar-refractivity contribution >= 4 is 17.8 Å². The first-order valence-corrected chi connectivity index (χ1v) is 11.9. The van der Waals surface area contributed by atoms with E-state index in [-0.39, 0.29) is 42.3 Å². The first-order valence-electron chi connectivity index (χ1n) is 11.9. The number of amides is 2. The lowest BCUT2D eigenvalue weighted by atomic mass is 9.91. The molecule has 1 saturated carbocycles. The van der Waals surface area contributed by atoms with E-state index in [2.05, 4.69) is 10.4 Å². The lowest BCUT2D eigenvalue weighted by molar-refractivity contribution is -0.134. The Labute approximate surface area is 199 Å². The fraction of sp³-hybridized carbons (Fsp3) is 0.520. The summed E-state index contributed by atoms with van der Waals surface area (Å²) in [5.41, 5.74) is -0.00719. The van der Waals surface area contributed by atoms with Crippen LogP contribution in [0.15, 0.2) is 30.3 Å². The minimum Gasteiger partial charge on any atom is -0.494 e. The number of aromatic nitrogens is 2. The molecular formula is C25H32N4O5. The number of methoxy groups -OCH3 is 1. The van der Waals surface area contributed by atoms with Crippen molar-refractivity contribution in [3.05, 3.63) is 47.3 Å². The van der Waals surface area contributed by atoms with Crippen LogP contribution in [0.25, 0.3) is 0 Å². The summed E-state index contributed by atoms with van der Waals surface area (Å²) in [6.45, 7) is 4.62. The quantitative estimate of drug-likeness (QED) is 0.627. The van der Waals surface area contributed by atoms with Crippen molar-refractivity contribution in [1.82, 2.24) is 20.0 Å². The maximum atomic E-state index is 13.6. The normalized spacial score (nSPS) is 20.6. The maximum Gasteiger partial charge on any atom is 0.358 e. The van der Waals surface area contributed by atoms with Crippen LogP contribution in [0.4, 0.5) is 0 Å². The molecular weight excluding hydrogens is 436 g/mol. The number of ether oxygens (including phenoxy) is 2. The van der Waals surface area contributed by atoms with Crippen molar-refractivity contribution in [3.8, 4) is 5.75 Å². The second-order valence-corrected chi connectivity index (χ2v) is 9.11. The zero-order chi connectivity index (χ0) is 24.3. The maximum absolute atomic E-state index is 13.6. The average Bonchev–Trinajstić information content (AvgIpc) is 3.27. The van der Waals surface area contributed by atoms with Crippen molar-refractivity contribution in [2.75, 3.05) is 13.7 Å². The van der Waals surface area contributed by atoms with E-state index in [4.69, 9.17) is 9.47 Å². The van der Waals surface area contributed by atoms with E-state index < -0.39 is 11.5 Å². The number of rotatable bonds is 7. The van der Waals surface area contributed by atoms with Crippen LogP contribution in [0.2, 0.25) is 0 Å². The predicted octanol–water partition coefficient (Wildman–Crippen LogP) is 2.93. The molecule has 9 heteroatoms. The van der Waals surface area contributed by atoms with Crippen molar-refractivity contribution < 1.29 is 23.9 Å². The van der Waals surface area contributed by atoms with Gasteiger partial charge in [0.25, 0.3) is 5.91 Å². The van der Waals surface area contributed by atoms with E-state index in [1.807, 2.05) is 31.2 Å². The molecule has 2 heterocycles. The van der Waals surface area contributed by atoms with Crippen LogP contribution in [0.3, 0.4) is 0 Å². The molecule has 34 heavy (non-hydrogen) atoms. The van der Waals surface area contributed by atoms with Crippen molar-refractivity contribution in [1.29, 1.82) is 0 Å². The van der Waals surface area contributed by atoms with Gasteiger partial charge in [0.2, 0.25) is 5.91 Å². The molecule has 1 fully saturated rings. The van der Waals surface area contributed by atoms with Gasteiger partial charge < -0.3 is 19.7 Å². The van der Waals surface area contributed by atoms with Gasteiger partial charge in [-0.1, -0.05) is 31.4 Å². The second-order valence-electron chi connectivity index (χ2n) is 9.11. The summed E-state index contributed by atoms with van der Waals surface area (Å²) < 4.78 is 11.7. The first-order chi connectivity index (χ1) is 16.4. The largest absolute Gasteiger partial charge is 0.494 e. The number of nitrogens with zero attached hydrogens (tertiary/aromatic N) is 3. The van der Waals surface area contributed by atoms with Gasteiger partial charge in [-0.3, -0.25) is 14.3 Å². The minimum absolute atomic E-state index is 0.0452. The molecule has 0 bridgehead atoms. The van der Waals surface area contributed by atoms with Crippen LogP contribution in [-0.4, -0.2) is 57.8 Å². The minimum atomic E-state index is -1.18. The average molecular weight is 469 g/mol. The number of benzene rings is 1. The highest BCUT2D eigenvalue weighted by Crippen LogP contribution is 2.31. The molecule has 0 saturated heterocycles. The molecule has 1 aliphatic carbocycles. The van der Waals surface area contributed by atoms with Crippen LogP contribution in [-0.2, 0) is 22.6 Å². The zero-order valence-electron chi connectivity index (χ0n) is 20.0. The van der Waals surface area contributed by atoms with Gasteiger partial charge in [-0.15, -0.1) is 0 Å². The Morgan fingerprint density at radius 3 is 2.53 bits per heavy atom. The van der Waals surface area contributed by atoms with Crippen molar-refractivity contribution in [3.63, 3.8) is 0 Å². The van der Waals surface area contributed by atoms with Gasteiger partial charge in [-0.05, 0) is 44.4 Å². The van der Waals surface area contributed by atoms with Gasteiger partial charge in [0, 0.05) is 18.7 Å². The van der Waals surface area contributed by atoms with Crippen LogP contribution in [0.5, 0.6) is 5.75 Å². The molecule has 2 amide bonds. The molecule has 9 nitrogen and oxygen atoms in total. The summed E-state index contributed by atoms with van der Waals surface area (Å²) >= 11 is 0. The number of fused-ring (bicyclic) bond motifs is 1. The Kier molecular flexibility index (Phi) is 6.90. The fourth-order valence-corrected chi connectivity index (χ4v) is 4.72. The Balaban J connectivity index is 1.66. The van der Waals surface area contributed by atoms with Gasteiger partial charge in [0.1, 0.15) is 17.0 Å². The van der Waals surface area contributed by atoms with Crippen LogP contribution >= 0.6 is 0 Å². The Morgan fingerprint density at radius 2 is 1.88 bits per heavy atom. The molecule has 0 spiro atoms. The first kappa shape index (κ1) is 23.8. The zero-order valence-corrected chi connectivity index (χ0v) is 20.0. The third-order valence-electron chi connectivity index (χ3n) is 6.70. The Hall–Kier alpha value is -3.36. The molecule has 1 aromatic carbocycles. The van der Waals surface area contributed by atoms with Crippen molar-refractivity contribution in [2.45, 2.75) is 70.6 Å². The van der Waals surface area contributed by atoms with E-state index in [9.17, 15) is 14.4 Å². The number of hydrogen-bond donors (Lipinski definition) is 1. The highest BCUT2D eigenvalue weighted by atomic mass is 16.5. The molecule has 1 aromatic heterocycles. The third kappa shape index (κ3) is 4.64. The highest BCUT2D eigenvalue weighted by molar-refractivity contribution is 6.01. The van der Waals surface area contributed by atoms with Crippen molar-refractivity contribution in [2.24, 2.45) is 0 Å². The summed E-state index contributed by atoms with van der Waals surface area (Å²) in [6, 6.07) is 9.02. The highest BCUT2D eigenvalue weighted by Gasteiger charge is 2.48. The van der Waals surface area contributed by atoms with E-state index in [1.165, 1.54) is 24.3 Å². The number of esters is 1. The summed E-state index contributed by atoms with van der Waals surface area (Å²) in [7, 11) is 1.27. The third-order valence-corrected chi connectivity index (χ3v) is 6.70. The number of nitrogens with one attached hydrogen (secondary N) is 1. The van der Waals surface area contributed by atoms with Crippen LogP contribution in [0.1, 0.15) is 72.5 Å². The van der Waals surface area contributed by atoms with Crippen LogP contribution in [0, 0.1) is 0 Å². The van der Waals surface area contributed by atoms with Gasteiger partial charge in [-0.25, -0.2) is 4.79 Å². The Bertz CT molecular complexity index is 1060. The summed E-state index contributed by atoms with van der Waals surface area (Å²) in [4.78, 5) is 40.9. The molecule has 0 unspecified atom stereocenters. The summed E-state index contributed by atoms with van der Waals surface area (Å²) in [5.74, 6) is -0.445. The Morgan fingerprint density at radius 1 is 1.18 bits per heavy atom. The molecule has 2 aromatic rings. The van der Waals surface area contributed by atoms with E-state index in [0.29, 0.717) is 6.61 Å².